The van der Waals surface area contributed by atoms with Gasteiger partial charge < -0.3 is 10.2 Å². The summed E-state index contributed by atoms with van der Waals surface area (Å²) in [4.78, 5) is 14.8. The summed E-state index contributed by atoms with van der Waals surface area (Å²) in [6, 6.07) is 9.08. The molecular formula is C16H19N9O. The van der Waals surface area contributed by atoms with Gasteiger partial charge in [0, 0.05) is 32.4 Å². The van der Waals surface area contributed by atoms with Crippen LogP contribution in [-0.2, 0) is 0 Å². The van der Waals surface area contributed by atoms with Crippen LogP contribution in [0.15, 0.2) is 30.5 Å². The van der Waals surface area contributed by atoms with Crippen molar-refractivity contribution in [3.8, 4) is 6.07 Å². The van der Waals surface area contributed by atoms with Crippen LogP contribution in [0.5, 0.6) is 0 Å². The average molecular weight is 353 g/mol. The van der Waals surface area contributed by atoms with Gasteiger partial charge in [-0.3, -0.25) is 10.2 Å². The summed E-state index contributed by atoms with van der Waals surface area (Å²) in [6.07, 6.45) is 1.45. The molecule has 1 amide bonds. The first kappa shape index (κ1) is 17.5. The Morgan fingerprint density at radius 3 is 2.77 bits per heavy atom. The fourth-order valence-electron chi connectivity index (χ4n) is 2.50. The molecule has 1 aromatic heterocycles. The SMILES string of the molecule is CN1CCN(NC(=O)c2ccccc2NC=C(C#N)c2nn[nH]n2)CC1. The highest BCUT2D eigenvalue weighted by atomic mass is 16.2. The number of nitriles is 1. The second-order valence-corrected chi connectivity index (χ2v) is 5.83. The van der Waals surface area contributed by atoms with Gasteiger partial charge in [-0.15, -0.1) is 10.2 Å². The standard InChI is InChI=1S/C16H19N9O/c1-24-6-8-25(9-7-24)21-16(26)13-4-2-3-5-14(13)18-11-12(10-17)15-19-22-23-20-15/h2-5,11,18H,6-9H2,1H3,(H,21,26)(H,19,20,22,23). The summed E-state index contributed by atoms with van der Waals surface area (Å²) in [6.45, 7) is 3.35. The van der Waals surface area contributed by atoms with Gasteiger partial charge in [0.25, 0.3) is 5.91 Å². The zero-order valence-corrected chi connectivity index (χ0v) is 14.3. The Labute approximate surface area is 150 Å². The first-order valence-electron chi connectivity index (χ1n) is 8.11. The first-order chi connectivity index (χ1) is 12.7. The van der Waals surface area contributed by atoms with E-state index in [2.05, 4.69) is 43.3 Å². The zero-order valence-electron chi connectivity index (χ0n) is 14.3. The van der Waals surface area contributed by atoms with Crippen LogP contribution in [0.4, 0.5) is 5.69 Å². The van der Waals surface area contributed by atoms with E-state index < -0.39 is 0 Å². The zero-order chi connectivity index (χ0) is 18.4. The van der Waals surface area contributed by atoms with Gasteiger partial charge in [-0.2, -0.15) is 10.5 Å². The highest BCUT2D eigenvalue weighted by Crippen LogP contribution is 2.17. The molecule has 1 aromatic carbocycles. The predicted octanol–water partition coefficient (Wildman–Crippen LogP) is 0.0685. The number of hydrazine groups is 1. The molecule has 10 heteroatoms. The van der Waals surface area contributed by atoms with Crippen LogP contribution >= 0.6 is 0 Å². The number of amides is 1. The topological polar surface area (TPSA) is 126 Å². The maximum Gasteiger partial charge on any atom is 0.267 e. The minimum atomic E-state index is -0.205. The number of tetrazole rings is 1. The third-order valence-corrected chi connectivity index (χ3v) is 4.01. The van der Waals surface area contributed by atoms with Crippen LogP contribution in [0.2, 0.25) is 0 Å². The van der Waals surface area contributed by atoms with E-state index in [9.17, 15) is 10.1 Å². The molecule has 0 radical (unpaired) electrons. The van der Waals surface area contributed by atoms with Crippen molar-refractivity contribution in [1.82, 2.24) is 36.0 Å². The number of carbonyl (C=O) groups is 1. The maximum atomic E-state index is 12.6. The second-order valence-electron chi connectivity index (χ2n) is 5.83. The van der Waals surface area contributed by atoms with E-state index in [4.69, 9.17) is 0 Å². The molecule has 1 fully saturated rings. The van der Waals surface area contributed by atoms with E-state index in [0.717, 1.165) is 26.2 Å². The number of rotatable bonds is 5. The highest BCUT2D eigenvalue weighted by Gasteiger charge is 2.18. The first-order valence-corrected chi connectivity index (χ1v) is 8.11. The number of aromatic amines is 1. The maximum absolute atomic E-state index is 12.6. The smallest absolute Gasteiger partial charge is 0.267 e. The number of likely N-dealkylation sites (N-methyl/N-ethyl adjacent to an activating group) is 1. The number of piperazine rings is 1. The summed E-state index contributed by atoms with van der Waals surface area (Å²) < 4.78 is 0. The number of anilines is 1. The molecule has 0 saturated carbocycles. The van der Waals surface area contributed by atoms with Gasteiger partial charge in [0.1, 0.15) is 11.6 Å². The van der Waals surface area contributed by atoms with Gasteiger partial charge in [0.05, 0.1) is 11.3 Å². The number of hydrogen-bond donors (Lipinski definition) is 3. The molecule has 3 rings (SSSR count). The largest absolute Gasteiger partial charge is 0.360 e. The van der Waals surface area contributed by atoms with Crippen molar-refractivity contribution in [3.05, 3.63) is 41.9 Å². The second kappa shape index (κ2) is 8.19. The molecule has 1 saturated heterocycles. The summed E-state index contributed by atoms with van der Waals surface area (Å²) in [5.74, 6) is -0.0245. The molecular weight excluding hydrogens is 334 g/mol. The molecule has 0 spiro atoms. The molecule has 1 aliphatic rings. The molecule has 3 N–H and O–H groups in total. The van der Waals surface area contributed by atoms with Crippen molar-refractivity contribution in [3.63, 3.8) is 0 Å². The third kappa shape index (κ3) is 4.21. The van der Waals surface area contributed by atoms with E-state index in [1.54, 1.807) is 18.2 Å². The Bertz CT molecular complexity index is 816. The van der Waals surface area contributed by atoms with E-state index in [1.165, 1.54) is 6.20 Å². The van der Waals surface area contributed by atoms with Crippen LogP contribution in [0, 0.1) is 11.3 Å². The number of allylic oxidation sites excluding steroid dienone is 1. The summed E-state index contributed by atoms with van der Waals surface area (Å²) in [5, 5.41) is 27.4. The van der Waals surface area contributed by atoms with Crippen LogP contribution in [0.1, 0.15) is 16.2 Å². The number of hydrogen-bond acceptors (Lipinski definition) is 8. The molecule has 0 atom stereocenters. The van der Waals surface area contributed by atoms with Crippen LogP contribution < -0.4 is 10.7 Å². The number of para-hydroxylation sites is 1. The Kier molecular flexibility index (Phi) is 5.52. The molecule has 26 heavy (non-hydrogen) atoms. The lowest BCUT2D eigenvalue weighted by Crippen LogP contribution is -2.52. The van der Waals surface area contributed by atoms with Gasteiger partial charge in [0.2, 0.25) is 5.82 Å². The third-order valence-electron chi connectivity index (χ3n) is 4.01. The van der Waals surface area contributed by atoms with E-state index in [0.29, 0.717) is 11.3 Å². The molecule has 0 unspecified atom stereocenters. The number of nitrogens with one attached hydrogen (secondary N) is 3. The normalized spacial score (nSPS) is 16.1. The van der Waals surface area contributed by atoms with Crippen molar-refractivity contribution >= 4 is 17.2 Å². The molecule has 0 aliphatic carbocycles. The number of H-pyrrole nitrogens is 1. The van der Waals surface area contributed by atoms with Gasteiger partial charge in [-0.25, -0.2) is 5.01 Å². The lowest BCUT2D eigenvalue weighted by Gasteiger charge is -2.32. The Balaban J connectivity index is 1.71. The number of nitrogens with zero attached hydrogens (tertiary/aromatic N) is 6. The van der Waals surface area contributed by atoms with Crippen molar-refractivity contribution in [2.75, 3.05) is 38.5 Å². The number of carbonyl (C=O) groups excluding carboxylic acids is 1. The van der Waals surface area contributed by atoms with Crippen molar-refractivity contribution in [2.45, 2.75) is 0 Å². The molecule has 2 heterocycles. The molecule has 0 bridgehead atoms. The molecule has 1 aliphatic heterocycles. The molecule has 134 valence electrons. The average Bonchev–Trinajstić information content (AvgIpc) is 3.19. The highest BCUT2D eigenvalue weighted by molar-refractivity contribution is 5.99. The lowest BCUT2D eigenvalue weighted by atomic mass is 10.1. The van der Waals surface area contributed by atoms with Crippen molar-refractivity contribution < 1.29 is 4.79 Å². The predicted molar refractivity (Wildman–Crippen MR) is 94.4 cm³/mol. The van der Waals surface area contributed by atoms with Gasteiger partial charge in [0.15, 0.2) is 0 Å². The minimum Gasteiger partial charge on any atom is -0.360 e. The van der Waals surface area contributed by atoms with Gasteiger partial charge in [-0.1, -0.05) is 12.1 Å². The number of aromatic nitrogens is 4. The quantitative estimate of drug-likeness (QED) is 0.645. The molecule has 10 nitrogen and oxygen atoms in total. The van der Waals surface area contributed by atoms with Crippen LogP contribution in [-0.4, -0.2) is 69.7 Å². The van der Waals surface area contributed by atoms with E-state index in [-0.39, 0.29) is 17.3 Å². The summed E-state index contributed by atoms with van der Waals surface area (Å²) in [7, 11) is 2.06. The van der Waals surface area contributed by atoms with Crippen LogP contribution in [0.25, 0.3) is 5.57 Å². The Morgan fingerprint density at radius 1 is 1.31 bits per heavy atom. The summed E-state index contributed by atoms with van der Waals surface area (Å²) in [5.41, 5.74) is 4.19. The number of benzene rings is 1. The van der Waals surface area contributed by atoms with Crippen molar-refractivity contribution in [1.29, 1.82) is 5.26 Å². The van der Waals surface area contributed by atoms with Crippen LogP contribution in [0.3, 0.4) is 0 Å². The Hall–Kier alpha value is -3.29. The lowest BCUT2D eigenvalue weighted by molar-refractivity contribution is 0.0663. The van der Waals surface area contributed by atoms with Crippen molar-refractivity contribution in [2.24, 2.45) is 0 Å². The molecule has 2 aromatic rings. The van der Waals surface area contributed by atoms with Gasteiger partial charge >= 0.3 is 0 Å². The monoisotopic (exact) mass is 353 g/mol. The Morgan fingerprint density at radius 2 is 2.08 bits per heavy atom. The van der Waals surface area contributed by atoms with E-state index in [1.807, 2.05) is 17.1 Å². The minimum absolute atomic E-state index is 0.180. The van der Waals surface area contributed by atoms with E-state index >= 15 is 0 Å². The fraction of sp³-hybridized carbons (Fsp3) is 0.312. The fourth-order valence-corrected chi connectivity index (χ4v) is 2.50. The van der Waals surface area contributed by atoms with Gasteiger partial charge in [-0.05, 0) is 24.4 Å². The summed E-state index contributed by atoms with van der Waals surface area (Å²) >= 11 is 0.